The molecule has 28 heavy (non-hydrogen) atoms. The van der Waals surface area contributed by atoms with Gasteiger partial charge in [-0.1, -0.05) is 0 Å². The number of carbonyl (C=O) groups is 2. The second-order valence-electron chi connectivity index (χ2n) is 6.00. The van der Waals surface area contributed by atoms with E-state index in [4.69, 9.17) is 5.26 Å². The standard InChI is InChI=1S/C17H16F6N2O3/c1-9(8-24)3-13(15(27)28-2)25-14(26)6-10-4-11(16(18,19)20)7-12(5-10)17(21,22)23/h4-5,7,9,13H,3,6H2,1-2H3,(H,25,26)/t9-,13+/m0/s1. The molecule has 0 saturated carbocycles. The third kappa shape index (κ3) is 6.75. The molecule has 0 aliphatic carbocycles. The molecule has 0 heterocycles. The van der Waals surface area contributed by atoms with E-state index in [9.17, 15) is 35.9 Å². The van der Waals surface area contributed by atoms with Crippen molar-refractivity contribution in [1.29, 1.82) is 5.26 Å². The van der Waals surface area contributed by atoms with Crippen molar-refractivity contribution in [3.05, 3.63) is 34.9 Å². The molecule has 1 N–H and O–H groups in total. The minimum absolute atomic E-state index is 0.0484. The molecule has 0 spiro atoms. The molecule has 0 aromatic heterocycles. The Kier molecular flexibility index (Phi) is 7.43. The SMILES string of the molecule is COC(=O)[C@@H](C[C@H](C)C#N)NC(=O)Cc1cc(C(F)(F)F)cc(C(F)(F)F)c1. The van der Waals surface area contributed by atoms with Gasteiger partial charge in [0.2, 0.25) is 5.91 Å². The highest BCUT2D eigenvalue weighted by Crippen LogP contribution is 2.36. The number of rotatable bonds is 6. The summed E-state index contributed by atoms with van der Waals surface area (Å²) in [6.07, 6.45) is -11.0. The maximum Gasteiger partial charge on any atom is 0.416 e. The highest BCUT2D eigenvalue weighted by Gasteiger charge is 2.37. The Morgan fingerprint density at radius 3 is 2.00 bits per heavy atom. The van der Waals surface area contributed by atoms with Crippen molar-refractivity contribution in [1.82, 2.24) is 5.32 Å². The molecule has 1 aromatic carbocycles. The molecule has 5 nitrogen and oxygen atoms in total. The van der Waals surface area contributed by atoms with Crippen molar-refractivity contribution < 1.29 is 40.7 Å². The quantitative estimate of drug-likeness (QED) is 0.575. The van der Waals surface area contributed by atoms with Gasteiger partial charge in [-0.25, -0.2) is 4.79 Å². The third-order valence-corrected chi connectivity index (χ3v) is 3.64. The fraction of sp³-hybridized carbons (Fsp3) is 0.471. The normalized spacial score (nSPS) is 14.0. The Labute approximate surface area is 156 Å². The summed E-state index contributed by atoms with van der Waals surface area (Å²) >= 11 is 0. The summed E-state index contributed by atoms with van der Waals surface area (Å²) in [5.41, 5.74) is -3.63. The maximum absolute atomic E-state index is 12.9. The van der Waals surface area contributed by atoms with Crippen LogP contribution < -0.4 is 5.32 Å². The van der Waals surface area contributed by atoms with Crippen LogP contribution in [0.3, 0.4) is 0 Å². The number of methoxy groups -OCH3 is 1. The molecule has 0 bridgehead atoms. The van der Waals surface area contributed by atoms with Crippen molar-refractivity contribution in [2.45, 2.75) is 38.2 Å². The van der Waals surface area contributed by atoms with E-state index in [1.54, 1.807) is 0 Å². The second kappa shape index (κ2) is 8.95. The van der Waals surface area contributed by atoms with E-state index in [0.29, 0.717) is 12.1 Å². The van der Waals surface area contributed by atoms with Gasteiger partial charge >= 0.3 is 18.3 Å². The van der Waals surface area contributed by atoms with Gasteiger partial charge in [0.05, 0.1) is 30.7 Å². The van der Waals surface area contributed by atoms with Crippen molar-refractivity contribution in [3.8, 4) is 6.07 Å². The van der Waals surface area contributed by atoms with E-state index in [2.05, 4.69) is 10.1 Å². The number of nitrogens with one attached hydrogen (secondary N) is 1. The zero-order valence-corrected chi connectivity index (χ0v) is 14.7. The first-order valence-corrected chi connectivity index (χ1v) is 7.83. The number of ether oxygens (including phenoxy) is 1. The van der Waals surface area contributed by atoms with Gasteiger partial charge in [0.15, 0.2) is 0 Å². The lowest BCUT2D eigenvalue weighted by Gasteiger charge is -2.18. The van der Waals surface area contributed by atoms with Crippen LogP contribution in [0.15, 0.2) is 18.2 Å². The van der Waals surface area contributed by atoms with Crippen LogP contribution >= 0.6 is 0 Å². The lowest BCUT2D eigenvalue weighted by molar-refractivity contribution is -0.145. The molecule has 2 atom stereocenters. The average molecular weight is 410 g/mol. The Morgan fingerprint density at radius 2 is 1.61 bits per heavy atom. The van der Waals surface area contributed by atoms with Gasteiger partial charge in [-0.05, 0) is 37.1 Å². The van der Waals surface area contributed by atoms with Crippen molar-refractivity contribution >= 4 is 11.9 Å². The monoisotopic (exact) mass is 410 g/mol. The topological polar surface area (TPSA) is 79.2 Å². The maximum atomic E-state index is 12.9. The summed E-state index contributed by atoms with van der Waals surface area (Å²) < 4.78 is 81.6. The van der Waals surface area contributed by atoms with E-state index in [1.807, 2.05) is 6.07 Å². The summed E-state index contributed by atoms with van der Waals surface area (Å²) in [6.45, 7) is 1.46. The molecule has 0 fully saturated rings. The largest absolute Gasteiger partial charge is 0.467 e. The predicted octanol–water partition coefficient (Wildman–Crippen LogP) is 3.47. The minimum atomic E-state index is -5.04. The lowest BCUT2D eigenvalue weighted by Crippen LogP contribution is -2.43. The highest BCUT2D eigenvalue weighted by atomic mass is 19.4. The minimum Gasteiger partial charge on any atom is -0.467 e. The van der Waals surface area contributed by atoms with Gasteiger partial charge in [0.1, 0.15) is 6.04 Å². The van der Waals surface area contributed by atoms with Crippen LogP contribution in [0, 0.1) is 17.2 Å². The van der Waals surface area contributed by atoms with Crippen molar-refractivity contribution in [3.63, 3.8) is 0 Å². The molecule has 0 radical (unpaired) electrons. The van der Waals surface area contributed by atoms with Crippen LogP contribution in [-0.2, 0) is 33.1 Å². The predicted molar refractivity (Wildman–Crippen MR) is 83.5 cm³/mol. The lowest BCUT2D eigenvalue weighted by atomic mass is 10.0. The summed E-state index contributed by atoms with van der Waals surface area (Å²) in [7, 11) is 1.03. The molecule has 0 aliphatic heterocycles. The van der Waals surface area contributed by atoms with Gasteiger partial charge in [-0.3, -0.25) is 4.79 Å². The zero-order valence-electron chi connectivity index (χ0n) is 14.7. The van der Waals surface area contributed by atoms with Gasteiger partial charge in [0.25, 0.3) is 0 Å². The Morgan fingerprint density at radius 1 is 1.11 bits per heavy atom. The van der Waals surface area contributed by atoms with Crippen LogP contribution in [0.25, 0.3) is 0 Å². The fourth-order valence-corrected chi connectivity index (χ4v) is 2.31. The smallest absolute Gasteiger partial charge is 0.416 e. The first-order chi connectivity index (χ1) is 12.8. The van der Waals surface area contributed by atoms with E-state index >= 15 is 0 Å². The molecule has 1 aromatic rings. The van der Waals surface area contributed by atoms with Gasteiger partial charge in [-0.2, -0.15) is 31.6 Å². The van der Waals surface area contributed by atoms with Crippen LogP contribution in [0.2, 0.25) is 0 Å². The third-order valence-electron chi connectivity index (χ3n) is 3.64. The first-order valence-electron chi connectivity index (χ1n) is 7.83. The summed E-state index contributed by atoms with van der Waals surface area (Å²) in [4.78, 5) is 23.7. The molecule has 1 rings (SSSR count). The summed E-state index contributed by atoms with van der Waals surface area (Å²) in [6, 6.07) is 1.39. The molecular formula is C17H16F6N2O3. The number of alkyl halides is 6. The molecule has 0 aliphatic rings. The molecule has 1 amide bonds. The van der Waals surface area contributed by atoms with Crippen LogP contribution in [-0.4, -0.2) is 25.0 Å². The zero-order chi connectivity index (χ0) is 21.7. The number of nitrogens with zero attached hydrogens (tertiary/aromatic N) is 1. The number of carbonyl (C=O) groups excluding carboxylic acids is 2. The highest BCUT2D eigenvalue weighted by molar-refractivity contribution is 5.85. The van der Waals surface area contributed by atoms with Crippen molar-refractivity contribution in [2.75, 3.05) is 7.11 Å². The number of hydrogen-bond acceptors (Lipinski definition) is 4. The molecule has 0 saturated heterocycles. The molecular weight excluding hydrogens is 394 g/mol. The van der Waals surface area contributed by atoms with Gasteiger partial charge < -0.3 is 10.1 Å². The number of esters is 1. The molecule has 154 valence electrons. The van der Waals surface area contributed by atoms with Crippen molar-refractivity contribution in [2.24, 2.45) is 5.92 Å². The van der Waals surface area contributed by atoms with E-state index in [1.165, 1.54) is 6.92 Å². The number of nitriles is 1. The van der Waals surface area contributed by atoms with Crippen LogP contribution in [0.1, 0.15) is 30.0 Å². The van der Waals surface area contributed by atoms with E-state index in [-0.39, 0.29) is 12.5 Å². The Hall–Kier alpha value is -2.77. The summed E-state index contributed by atoms with van der Waals surface area (Å²) in [5.74, 6) is -2.54. The Balaban J connectivity index is 3.09. The van der Waals surface area contributed by atoms with E-state index < -0.39 is 59.3 Å². The van der Waals surface area contributed by atoms with E-state index in [0.717, 1.165) is 7.11 Å². The van der Waals surface area contributed by atoms with Crippen LogP contribution in [0.5, 0.6) is 0 Å². The number of halogens is 6. The van der Waals surface area contributed by atoms with Gasteiger partial charge in [0, 0.05) is 5.92 Å². The number of amides is 1. The number of benzene rings is 1. The van der Waals surface area contributed by atoms with Crippen LogP contribution in [0.4, 0.5) is 26.3 Å². The average Bonchev–Trinajstić information content (AvgIpc) is 2.58. The Bertz CT molecular complexity index is 735. The second-order valence-corrected chi connectivity index (χ2v) is 6.00. The molecule has 11 heteroatoms. The first kappa shape index (κ1) is 23.3. The molecule has 0 unspecified atom stereocenters. The number of hydrogen-bond donors (Lipinski definition) is 1. The van der Waals surface area contributed by atoms with Gasteiger partial charge in [-0.15, -0.1) is 0 Å². The summed E-state index contributed by atoms with van der Waals surface area (Å²) in [5, 5.41) is 11.0. The fourth-order valence-electron chi connectivity index (χ4n) is 2.31.